The summed E-state index contributed by atoms with van der Waals surface area (Å²) in [6, 6.07) is 2.02. The Morgan fingerprint density at radius 1 is 1.24 bits per heavy atom. The number of aromatic nitrogens is 4. The summed E-state index contributed by atoms with van der Waals surface area (Å²) in [4.78, 5) is 27.6. The van der Waals surface area contributed by atoms with Crippen LogP contribution in [0.4, 0.5) is 5.82 Å². The lowest BCUT2D eigenvalue weighted by Crippen LogP contribution is -2.61. The van der Waals surface area contributed by atoms with E-state index in [1.807, 2.05) is 13.0 Å². The predicted molar refractivity (Wildman–Crippen MR) is 107 cm³/mol. The standard InChI is InChI=1S/C19H29N7O3/c1-15-12-16(26-18(22-15)20-14-21-26)24-8-6-23(7-9-24)13-19(28)4-3-5-25(17(19)27)10-11-29-2/h12,14,28H,3-11,13H2,1-2H3. The van der Waals surface area contributed by atoms with Crippen LogP contribution in [-0.4, -0.2) is 106 Å². The van der Waals surface area contributed by atoms with Crippen molar-refractivity contribution in [2.75, 3.05) is 64.4 Å². The smallest absolute Gasteiger partial charge is 0.255 e. The molecule has 0 bridgehead atoms. The summed E-state index contributed by atoms with van der Waals surface area (Å²) in [5.74, 6) is 1.40. The van der Waals surface area contributed by atoms with Gasteiger partial charge in [-0.3, -0.25) is 9.69 Å². The third-order valence-corrected chi connectivity index (χ3v) is 5.81. The maximum atomic E-state index is 12.8. The summed E-state index contributed by atoms with van der Waals surface area (Å²) >= 11 is 0. The normalized spacial score (nSPS) is 23.9. The summed E-state index contributed by atoms with van der Waals surface area (Å²) < 4.78 is 6.85. The Kier molecular flexibility index (Phi) is 5.66. The van der Waals surface area contributed by atoms with Crippen LogP contribution in [0.3, 0.4) is 0 Å². The van der Waals surface area contributed by atoms with Crippen molar-refractivity contribution < 1.29 is 14.6 Å². The number of carbonyl (C=O) groups excluding carboxylic acids is 1. The van der Waals surface area contributed by atoms with Crippen LogP contribution >= 0.6 is 0 Å². The SMILES string of the molecule is COCCN1CCCC(O)(CN2CCN(c3cc(C)nc4ncnn34)CC2)C1=O. The fourth-order valence-electron chi connectivity index (χ4n) is 4.27. The van der Waals surface area contributed by atoms with Crippen LogP contribution in [0.2, 0.25) is 0 Å². The van der Waals surface area contributed by atoms with Crippen LogP contribution in [0.1, 0.15) is 18.5 Å². The Hall–Kier alpha value is -2.30. The molecule has 10 nitrogen and oxygen atoms in total. The van der Waals surface area contributed by atoms with Gasteiger partial charge in [0.25, 0.3) is 11.7 Å². The third kappa shape index (κ3) is 4.05. The van der Waals surface area contributed by atoms with Crippen LogP contribution in [0.5, 0.6) is 0 Å². The average molecular weight is 403 g/mol. The van der Waals surface area contributed by atoms with Crippen LogP contribution in [0.25, 0.3) is 5.78 Å². The quantitative estimate of drug-likeness (QED) is 0.693. The summed E-state index contributed by atoms with van der Waals surface area (Å²) in [7, 11) is 1.62. The third-order valence-electron chi connectivity index (χ3n) is 5.81. The number of nitrogens with zero attached hydrogens (tertiary/aromatic N) is 7. The summed E-state index contributed by atoms with van der Waals surface area (Å²) in [5, 5.41) is 15.4. The fraction of sp³-hybridized carbons (Fsp3) is 0.684. The number of piperidine rings is 1. The largest absolute Gasteiger partial charge is 0.383 e. The maximum Gasteiger partial charge on any atom is 0.255 e. The summed E-state index contributed by atoms with van der Waals surface area (Å²) in [6.07, 6.45) is 2.84. The monoisotopic (exact) mass is 403 g/mol. The second-order valence-electron chi connectivity index (χ2n) is 7.91. The van der Waals surface area contributed by atoms with E-state index in [1.54, 1.807) is 16.5 Å². The Morgan fingerprint density at radius 3 is 2.79 bits per heavy atom. The number of hydrogen-bond donors (Lipinski definition) is 1. The van der Waals surface area contributed by atoms with Crippen molar-refractivity contribution >= 4 is 17.5 Å². The van der Waals surface area contributed by atoms with E-state index in [4.69, 9.17) is 4.74 Å². The van der Waals surface area contributed by atoms with Crippen molar-refractivity contribution in [3.05, 3.63) is 18.1 Å². The molecular formula is C19H29N7O3. The maximum absolute atomic E-state index is 12.8. The second kappa shape index (κ2) is 8.21. The van der Waals surface area contributed by atoms with Gasteiger partial charge in [-0.15, -0.1) is 0 Å². The highest BCUT2D eigenvalue weighted by Gasteiger charge is 2.43. The van der Waals surface area contributed by atoms with E-state index in [1.165, 1.54) is 6.33 Å². The minimum absolute atomic E-state index is 0.169. The van der Waals surface area contributed by atoms with Gasteiger partial charge in [-0.1, -0.05) is 0 Å². The Labute approximate surface area is 170 Å². The van der Waals surface area contributed by atoms with Crippen molar-refractivity contribution in [1.29, 1.82) is 0 Å². The van der Waals surface area contributed by atoms with Gasteiger partial charge in [0.2, 0.25) is 0 Å². The number of anilines is 1. The predicted octanol–water partition coefficient (Wildman–Crippen LogP) is -0.445. The van der Waals surface area contributed by atoms with E-state index in [9.17, 15) is 9.90 Å². The van der Waals surface area contributed by atoms with Gasteiger partial charge < -0.3 is 19.6 Å². The molecule has 0 spiro atoms. The molecule has 1 N–H and O–H groups in total. The molecule has 2 aromatic rings. The number of aliphatic hydroxyl groups is 1. The van der Waals surface area contributed by atoms with Crippen LogP contribution in [0, 0.1) is 6.92 Å². The minimum atomic E-state index is -1.30. The van der Waals surface area contributed by atoms with E-state index < -0.39 is 5.60 Å². The molecule has 1 unspecified atom stereocenters. The minimum Gasteiger partial charge on any atom is -0.383 e. The van der Waals surface area contributed by atoms with Gasteiger partial charge in [0.05, 0.1) is 6.61 Å². The van der Waals surface area contributed by atoms with Gasteiger partial charge in [0, 0.05) is 64.7 Å². The molecule has 29 heavy (non-hydrogen) atoms. The number of carbonyl (C=O) groups is 1. The van der Waals surface area contributed by atoms with E-state index in [-0.39, 0.29) is 5.91 Å². The first-order valence-corrected chi connectivity index (χ1v) is 10.2. The first-order valence-electron chi connectivity index (χ1n) is 10.2. The molecule has 2 aliphatic rings. The first kappa shape index (κ1) is 20.0. The topological polar surface area (TPSA) is 99.3 Å². The average Bonchev–Trinajstić information content (AvgIpc) is 3.17. The highest BCUT2D eigenvalue weighted by molar-refractivity contribution is 5.86. The Bertz CT molecular complexity index is 865. The molecule has 4 heterocycles. The molecule has 0 aromatic carbocycles. The number of likely N-dealkylation sites (tertiary alicyclic amines) is 1. The number of hydrogen-bond acceptors (Lipinski definition) is 8. The molecule has 0 radical (unpaired) electrons. The zero-order valence-electron chi connectivity index (χ0n) is 17.1. The van der Waals surface area contributed by atoms with Gasteiger partial charge in [0.1, 0.15) is 12.1 Å². The zero-order chi connectivity index (χ0) is 20.4. The number of ether oxygens (including phenoxy) is 1. The number of β-amino-alcohol motifs (C(OH)–C–C–N with tert-alkyl or cyclic N) is 1. The van der Waals surface area contributed by atoms with E-state index in [2.05, 4.69) is 24.9 Å². The van der Waals surface area contributed by atoms with Crippen molar-refractivity contribution in [3.8, 4) is 0 Å². The number of amides is 1. The van der Waals surface area contributed by atoms with Crippen molar-refractivity contribution in [2.24, 2.45) is 0 Å². The summed E-state index contributed by atoms with van der Waals surface area (Å²) in [6.45, 7) is 7.14. The van der Waals surface area contributed by atoms with E-state index >= 15 is 0 Å². The molecule has 10 heteroatoms. The lowest BCUT2D eigenvalue weighted by atomic mass is 9.91. The molecular weight excluding hydrogens is 374 g/mol. The van der Waals surface area contributed by atoms with Crippen LogP contribution < -0.4 is 4.90 Å². The molecule has 158 valence electrons. The summed E-state index contributed by atoms with van der Waals surface area (Å²) in [5.41, 5.74) is -0.401. The molecule has 1 amide bonds. The highest BCUT2D eigenvalue weighted by Crippen LogP contribution is 2.25. The zero-order valence-corrected chi connectivity index (χ0v) is 17.1. The molecule has 2 saturated heterocycles. The number of rotatable bonds is 6. The van der Waals surface area contributed by atoms with Gasteiger partial charge in [0.15, 0.2) is 5.60 Å². The Morgan fingerprint density at radius 2 is 2.03 bits per heavy atom. The van der Waals surface area contributed by atoms with Gasteiger partial charge >= 0.3 is 0 Å². The van der Waals surface area contributed by atoms with Gasteiger partial charge in [-0.25, -0.2) is 4.98 Å². The number of fused-ring (bicyclic) bond motifs is 1. The molecule has 4 rings (SSSR count). The molecule has 2 aromatic heterocycles. The number of methoxy groups -OCH3 is 1. The van der Waals surface area contributed by atoms with Crippen molar-refractivity contribution in [3.63, 3.8) is 0 Å². The number of aryl methyl sites for hydroxylation is 1. The number of piperazine rings is 1. The van der Waals surface area contributed by atoms with Gasteiger partial charge in [-0.05, 0) is 19.8 Å². The molecule has 1 atom stereocenters. The lowest BCUT2D eigenvalue weighted by Gasteiger charge is -2.43. The fourth-order valence-corrected chi connectivity index (χ4v) is 4.27. The van der Waals surface area contributed by atoms with Gasteiger partial charge in [-0.2, -0.15) is 14.6 Å². The molecule has 0 saturated carbocycles. The lowest BCUT2D eigenvalue weighted by molar-refractivity contribution is -0.160. The van der Waals surface area contributed by atoms with E-state index in [0.717, 1.165) is 44.1 Å². The molecule has 2 aliphatic heterocycles. The van der Waals surface area contributed by atoms with Crippen molar-refractivity contribution in [2.45, 2.75) is 25.4 Å². The molecule has 2 fully saturated rings. The van der Waals surface area contributed by atoms with Crippen LogP contribution in [0.15, 0.2) is 12.4 Å². The first-order chi connectivity index (χ1) is 14.0. The highest BCUT2D eigenvalue weighted by atomic mass is 16.5. The van der Waals surface area contributed by atoms with E-state index in [0.29, 0.717) is 38.4 Å². The molecule has 0 aliphatic carbocycles. The second-order valence-corrected chi connectivity index (χ2v) is 7.91. The Balaban J connectivity index is 1.39. The van der Waals surface area contributed by atoms with Crippen LogP contribution in [-0.2, 0) is 9.53 Å². The van der Waals surface area contributed by atoms with Crippen molar-refractivity contribution in [1.82, 2.24) is 29.4 Å².